The van der Waals surface area contributed by atoms with Crippen LogP contribution in [0.3, 0.4) is 0 Å². The van der Waals surface area contributed by atoms with Gasteiger partial charge in [0.15, 0.2) is 0 Å². The van der Waals surface area contributed by atoms with Gasteiger partial charge in [0.2, 0.25) is 5.91 Å². The molecule has 7 rings (SSSR count). The Morgan fingerprint density at radius 2 is 1.70 bits per heavy atom. The number of hydrogen-bond donors (Lipinski definition) is 3. The average Bonchev–Trinajstić information content (AvgIpc) is 3.64. The highest BCUT2D eigenvalue weighted by Gasteiger charge is 2.45. The fourth-order valence-corrected chi connectivity index (χ4v) is 6.62. The number of fused-ring (bicyclic) bond motifs is 4. The van der Waals surface area contributed by atoms with E-state index in [1.165, 1.54) is 33.3 Å². The number of H-pyrrole nitrogens is 2. The number of benzene rings is 3. The lowest BCUT2D eigenvalue weighted by atomic mass is 9.77. The molecule has 3 N–H and O–H groups in total. The first-order valence-corrected chi connectivity index (χ1v) is 14.4. The van der Waals surface area contributed by atoms with Crippen molar-refractivity contribution in [3.8, 4) is 11.3 Å². The fourth-order valence-electron chi connectivity index (χ4n) is 6.62. The number of hydrogen-bond acceptors (Lipinski definition) is 3. The van der Waals surface area contributed by atoms with E-state index >= 15 is 0 Å². The van der Waals surface area contributed by atoms with E-state index in [9.17, 15) is 4.79 Å². The van der Waals surface area contributed by atoms with Crippen LogP contribution in [0.4, 0.5) is 0 Å². The van der Waals surface area contributed by atoms with Crippen LogP contribution < -0.4 is 5.32 Å². The topological polar surface area (TPSA) is 76.8 Å². The number of aromatic amines is 2. The van der Waals surface area contributed by atoms with Crippen LogP contribution in [0, 0.1) is 6.92 Å². The highest BCUT2D eigenvalue weighted by molar-refractivity contribution is 5.85. The Bertz CT molecular complexity index is 1640. The SMILES string of the molecule is Cc1ccc(CCC(=O)N2CCC3(CC2)N[C@@H](c2ncc(-c4ccccc4)[nH]2)Cc2c3[nH]c3ccccc23)cc1. The van der Waals surface area contributed by atoms with Crippen LogP contribution in [0.15, 0.2) is 85.1 Å². The Hall–Kier alpha value is -4.16. The Labute approximate surface area is 234 Å². The van der Waals surface area contributed by atoms with Gasteiger partial charge in [-0.05, 0) is 55.4 Å². The quantitative estimate of drug-likeness (QED) is 0.254. The minimum atomic E-state index is -0.231. The van der Waals surface area contributed by atoms with Crippen molar-refractivity contribution in [3.05, 3.63) is 113 Å². The smallest absolute Gasteiger partial charge is 0.222 e. The summed E-state index contributed by atoms with van der Waals surface area (Å²) in [4.78, 5) is 27.5. The molecule has 4 heterocycles. The van der Waals surface area contributed by atoms with Crippen molar-refractivity contribution in [1.29, 1.82) is 0 Å². The summed E-state index contributed by atoms with van der Waals surface area (Å²) >= 11 is 0. The number of para-hydroxylation sites is 1. The van der Waals surface area contributed by atoms with Crippen molar-refractivity contribution < 1.29 is 4.79 Å². The molecule has 2 aromatic heterocycles. The first-order chi connectivity index (χ1) is 19.6. The van der Waals surface area contributed by atoms with Gasteiger partial charge in [-0.3, -0.25) is 10.1 Å². The molecule has 0 bridgehead atoms. The second kappa shape index (κ2) is 10.1. The van der Waals surface area contributed by atoms with Crippen molar-refractivity contribution >= 4 is 16.8 Å². The Kier molecular flexibility index (Phi) is 6.28. The van der Waals surface area contributed by atoms with Crippen LogP contribution >= 0.6 is 0 Å². The molecule has 0 saturated carbocycles. The molecule has 1 amide bonds. The number of nitrogens with zero attached hydrogens (tertiary/aromatic N) is 2. The molecule has 1 spiro atoms. The molecule has 0 unspecified atom stereocenters. The number of piperidine rings is 1. The van der Waals surface area contributed by atoms with E-state index in [0.29, 0.717) is 6.42 Å². The number of aryl methyl sites for hydroxylation is 2. The Morgan fingerprint density at radius 1 is 0.950 bits per heavy atom. The molecule has 5 aromatic rings. The summed E-state index contributed by atoms with van der Waals surface area (Å²) in [6.07, 6.45) is 5.88. The maximum absolute atomic E-state index is 13.2. The Balaban J connectivity index is 1.14. The van der Waals surface area contributed by atoms with E-state index < -0.39 is 0 Å². The molecule has 2 aliphatic heterocycles. The third-order valence-electron chi connectivity index (χ3n) is 8.88. The molecule has 1 saturated heterocycles. The van der Waals surface area contributed by atoms with Gasteiger partial charge in [-0.2, -0.15) is 0 Å². The number of imidazole rings is 1. The van der Waals surface area contributed by atoms with Crippen molar-refractivity contribution in [2.24, 2.45) is 0 Å². The summed E-state index contributed by atoms with van der Waals surface area (Å²) < 4.78 is 0. The molecule has 0 radical (unpaired) electrons. The first kappa shape index (κ1) is 24.9. The van der Waals surface area contributed by atoms with Crippen molar-refractivity contribution in [1.82, 2.24) is 25.2 Å². The highest BCUT2D eigenvalue weighted by atomic mass is 16.2. The van der Waals surface area contributed by atoms with E-state index in [-0.39, 0.29) is 17.5 Å². The largest absolute Gasteiger partial charge is 0.357 e. The lowest BCUT2D eigenvalue weighted by Gasteiger charge is -2.47. The standard InChI is InChI=1S/C34H35N5O/c1-23-11-13-24(14-12-23)15-16-31(40)39-19-17-34(18-20-39)32-27(26-9-5-6-10-28(26)36-32)21-29(38-34)33-35-22-30(37-33)25-7-3-2-4-8-25/h2-14,22,29,36,38H,15-21H2,1H3,(H,35,37)/t29-/m1/s1. The van der Waals surface area contributed by atoms with Gasteiger partial charge in [0.1, 0.15) is 5.82 Å². The average molecular weight is 530 g/mol. The van der Waals surface area contributed by atoms with Gasteiger partial charge in [-0.1, -0.05) is 78.4 Å². The van der Waals surface area contributed by atoms with Crippen molar-refractivity contribution in [2.75, 3.05) is 13.1 Å². The molecule has 1 atom stereocenters. The van der Waals surface area contributed by atoms with Crippen LogP contribution in [0.5, 0.6) is 0 Å². The predicted octanol–water partition coefficient (Wildman–Crippen LogP) is 6.20. The molecule has 3 aromatic carbocycles. The van der Waals surface area contributed by atoms with Gasteiger partial charge < -0.3 is 14.9 Å². The summed E-state index contributed by atoms with van der Waals surface area (Å²) in [5.41, 5.74) is 8.24. The first-order valence-electron chi connectivity index (χ1n) is 14.4. The van der Waals surface area contributed by atoms with Gasteiger partial charge in [-0.25, -0.2) is 4.98 Å². The molecule has 1 fully saturated rings. The van der Waals surface area contributed by atoms with Crippen molar-refractivity contribution in [3.63, 3.8) is 0 Å². The zero-order valence-electron chi connectivity index (χ0n) is 22.9. The minimum absolute atomic E-state index is 0.0629. The van der Waals surface area contributed by atoms with E-state index in [4.69, 9.17) is 4.98 Å². The molecule has 6 heteroatoms. The molecule has 40 heavy (non-hydrogen) atoms. The van der Waals surface area contributed by atoms with E-state index in [2.05, 4.69) is 99.9 Å². The van der Waals surface area contributed by atoms with Gasteiger partial charge in [0.25, 0.3) is 0 Å². The number of likely N-dealkylation sites (tertiary alicyclic amines) is 1. The van der Waals surface area contributed by atoms with Gasteiger partial charge in [0.05, 0.1) is 23.5 Å². The monoisotopic (exact) mass is 529 g/mol. The lowest BCUT2D eigenvalue weighted by Crippen LogP contribution is -2.56. The minimum Gasteiger partial charge on any atom is -0.357 e. The summed E-state index contributed by atoms with van der Waals surface area (Å²) in [5.74, 6) is 1.21. The number of carbonyl (C=O) groups excluding carboxylic acids is 1. The van der Waals surface area contributed by atoms with Crippen molar-refractivity contribution in [2.45, 2.75) is 50.6 Å². The van der Waals surface area contributed by atoms with Crippen LogP contribution in [0.1, 0.15) is 53.5 Å². The van der Waals surface area contributed by atoms with Gasteiger partial charge in [0, 0.05) is 36.1 Å². The van der Waals surface area contributed by atoms with E-state index in [1.807, 2.05) is 12.3 Å². The Morgan fingerprint density at radius 3 is 2.50 bits per heavy atom. The lowest BCUT2D eigenvalue weighted by molar-refractivity contribution is -0.133. The molecule has 0 aliphatic carbocycles. The molecule has 2 aliphatic rings. The van der Waals surface area contributed by atoms with Crippen LogP contribution in [-0.2, 0) is 23.2 Å². The van der Waals surface area contributed by atoms with Gasteiger partial charge in [-0.15, -0.1) is 0 Å². The number of aromatic nitrogens is 3. The highest BCUT2D eigenvalue weighted by Crippen LogP contribution is 2.44. The zero-order valence-corrected chi connectivity index (χ0v) is 22.9. The molecule has 6 nitrogen and oxygen atoms in total. The molecular formula is C34H35N5O. The summed E-state index contributed by atoms with van der Waals surface area (Å²) in [6, 6.07) is 27.5. The second-order valence-corrected chi connectivity index (χ2v) is 11.4. The third kappa shape index (κ3) is 4.52. The number of nitrogens with one attached hydrogen (secondary N) is 3. The molecular weight excluding hydrogens is 494 g/mol. The second-order valence-electron chi connectivity index (χ2n) is 11.4. The third-order valence-corrected chi connectivity index (χ3v) is 8.88. The van der Waals surface area contributed by atoms with Gasteiger partial charge >= 0.3 is 0 Å². The normalized spacial score (nSPS) is 18.2. The van der Waals surface area contributed by atoms with E-state index in [1.54, 1.807) is 0 Å². The maximum Gasteiger partial charge on any atom is 0.222 e. The number of rotatable bonds is 5. The zero-order chi connectivity index (χ0) is 27.1. The van der Waals surface area contributed by atoms with Crippen LogP contribution in [0.25, 0.3) is 22.2 Å². The van der Waals surface area contributed by atoms with Crippen LogP contribution in [0.2, 0.25) is 0 Å². The van der Waals surface area contributed by atoms with Crippen LogP contribution in [-0.4, -0.2) is 38.8 Å². The number of amides is 1. The summed E-state index contributed by atoms with van der Waals surface area (Å²) in [7, 11) is 0. The summed E-state index contributed by atoms with van der Waals surface area (Å²) in [6.45, 7) is 3.58. The number of carbonyl (C=O) groups is 1. The van der Waals surface area contributed by atoms with E-state index in [0.717, 1.165) is 55.9 Å². The molecule has 202 valence electrons. The fraction of sp³-hybridized carbons (Fsp3) is 0.294. The summed E-state index contributed by atoms with van der Waals surface area (Å²) in [5, 5.41) is 5.31. The predicted molar refractivity (Wildman–Crippen MR) is 159 cm³/mol. The maximum atomic E-state index is 13.2.